The molecule has 0 amide bonds. The zero-order valence-electron chi connectivity index (χ0n) is 11.2. The number of ether oxygens (including phenoxy) is 1. The second kappa shape index (κ2) is 7.87. The third kappa shape index (κ3) is 5.04. The lowest BCUT2D eigenvalue weighted by Gasteiger charge is -2.21. The largest absolute Gasteiger partial charge is 0.382 e. The highest BCUT2D eigenvalue weighted by Crippen LogP contribution is 2.18. The Balaban J connectivity index is 2.66. The van der Waals surface area contributed by atoms with Crippen LogP contribution in [0.15, 0.2) is 22.7 Å². The minimum atomic E-state index is -0.219. The molecule has 0 spiro atoms. The molecule has 1 rings (SSSR count). The van der Waals surface area contributed by atoms with Crippen LogP contribution in [0.3, 0.4) is 0 Å². The average molecular weight is 318 g/mol. The molecular weight excluding hydrogens is 297 g/mol. The van der Waals surface area contributed by atoms with Crippen molar-refractivity contribution in [3.8, 4) is 0 Å². The molecule has 2 atom stereocenters. The van der Waals surface area contributed by atoms with Gasteiger partial charge in [-0.15, -0.1) is 0 Å². The van der Waals surface area contributed by atoms with Crippen molar-refractivity contribution in [1.29, 1.82) is 0 Å². The number of hydrogen-bond donors (Lipinski definition) is 1. The van der Waals surface area contributed by atoms with Gasteiger partial charge in [-0.3, -0.25) is 0 Å². The molecule has 0 bridgehead atoms. The molecule has 1 aromatic carbocycles. The van der Waals surface area contributed by atoms with E-state index >= 15 is 0 Å². The SMILES string of the molecule is CCNC(Cc1ccc(F)c(Br)c1)CC(C)OC. The summed E-state index contributed by atoms with van der Waals surface area (Å²) in [5, 5.41) is 3.44. The standard InChI is InChI=1S/C14H21BrFNO/c1-4-17-12(7-10(2)18-3)8-11-5-6-14(16)13(15)9-11/h5-6,9-10,12,17H,4,7-8H2,1-3H3. The maximum absolute atomic E-state index is 13.2. The first kappa shape index (κ1) is 15.6. The van der Waals surface area contributed by atoms with Crippen molar-refractivity contribution in [3.63, 3.8) is 0 Å². The molecule has 1 aromatic rings. The van der Waals surface area contributed by atoms with Gasteiger partial charge in [0.2, 0.25) is 0 Å². The number of rotatable bonds is 7. The molecule has 0 radical (unpaired) electrons. The highest BCUT2D eigenvalue weighted by Gasteiger charge is 2.13. The molecule has 0 heterocycles. The van der Waals surface area contributed by atoms with Crippen molar-refractivity contribution < 1.29 is 9.13 Å². The van der Waals surface area contributed by atoms with Gasteiger partial charge in [-0.1, -0.05) is 13.0 Å². The predicted molar refractivity (Wildman–Crippen MR) is 76.4 cm³/mol. The van der Waals surface area contributed by atoms with Gasteiger partial charge in [-0.25, -0.2) is 4.39 Å². The van der Waals surface area contributed by atoms with Gasteiger partial charge < -0.3 is 10.1 Å². The van der Waals surface area contributed by atoms with Crippen molar-refractivity contribution in [2.45, 2.75) is 38.8 Å². The van der Waals surface area contributed by atoms with Gasteiger partial charge in [0.1, 0.15) is 5.82 Å². The lowest BCUT2D eigenvalue weighted by atomic mass is 10.0. The van der Waals surface area contributed by atoms with Gasteiger partial charge >= 0.3 is 0 Å². The molecule has 0 aliphatic carbocycles. The Morgan fingerprint density at radius 3 is 2.72 bits per heavy atom. The average Bonchev–Trinajstić information content (AvgIpc) is 2.34. The van der Waals surface area contributed by atoms with Crippen LogP contribution in [0.5, 0.6) is 0 Å². The number of nitrogens with one attached hydrogen (secondary N) is 1. The molecule has 0 aliphatic rings. The van der Waals surface area contributed by atoms with E-state index in [2.05, 4.69) is 35.1 Å². The second-order valence-corrected chi connectivity index (χ2v) is 5.34. The van der Waals surface area contributed by atoms with E-state index in [1.54, 1.807) is 7.11 Å². The topological polar surface area (TPSA) is 21.3 Å². The monoisotopic (exact) mass is 317 g/mol. The van der Waals surface area contributed by atoms with Crippen LogP contribution in [0.2, 0.25) is 0 Å². The first-order valence-corrected chi connectivity index (χ1v) is 7.06. The summed E-state index contributed by atoms with van der Waals surface area (Å²) in [5.74, 6) is -0.219. The van der Waals surface area contributed by atoms with E-state index in [4.69, 9.17) is 4.74 Å². The molecule has 1 N–H and O–H groups in total. The molecule has 0 fully saturated rings. The number of likely N-dealkylation sites (N-methyl/N-ethyl adjacent to an activating group) is 1. The summed E-state index contributed by atoms with van der Waals surface area (Å²) in [6, 6.07) is 5.53. The van der Waals surface area contributed by atoms with Crippen molar-refractivity contribution >= 4 is 15.9 Å². The minimum Gasteiger partial charge on any atom is -0.382 e. The third-order valence-corrected chi connectivity index (χ3v) is 3.59. The Labute approximate surface area is 117 Å². The number of halogens is 2. The summed E-state index contributed by atoms with van der Waals surface area (Å²) in [7, 11) is 1.72. The zero-order valence-corrected chi connectivity index (χ0v) is 12.8. The van der Waals surface area contributed by atoms with Crippen LogP contribution >= 0.6 is 15.9 Å². The molecule has 2 nitrogen and oxygen atoms in total. The molecule has 4 heteroatoms. The van der Waals surface area contributed by atoms with Crippen LogP contribution in [0.1, 0.15) is 25.8 Å². The summed E-state index contributed by atoms with van der Waals surface area (Å²) < 4.78 is 19.0. The first-order valence-electron chi connectivity index (χ1n) is 6.26. The summed E-state index contributed by atoms with van der Waals surface area (Å²) in [6.45, 7) is 5.07. The fraction of sp³-hybridized carbons (Fsp3) is 0.571. The fourth-order valence-corrected chi connectivity index (χ4v) is 2.40. The maximum atomic E-state index is 13.2. The van der Waals surface area contributed by atoms with E-state index in [-0.39, 0.29) is 11.9 Å². The Hall–Kier alpha value is -0.450. The Morgan fingerprint density at radius 1 is 1.44 bits per heavy atom. The summed E-state index contributed by atoms with van der Waals surface area (Å²) in [5.41, 5.74) is 1.12. The van der Waals surface area contributed by atoms with Gasteiger partial charge in [0.25, 0.3) is 0 Å². The van der Waals surface area contributed by atoms with E-state index in [1.165, 1.54) is 6.07 Å². The Morgan fingerprint density at radius 2 is 2.17 bits per heavy atom. The lowest BCUT2D eigenvalue weighted by Crippen LogP contribution is -2.34. The van der Waals surface area contributed by atoms with Crippen molar-refractivity contribution in [2.24, 2.45) is 0 Å². The van der Waals surface area contributed by atoms with Crippen LogP contribution in [-0.2, 0) is 11.2 Å². The van der Waals surface area contributed by atoms with Gasteiger partial charge in [0, 0.05) is 13.2 Å². The fourth-order valence-electron chi connectivity index (χ4n) is 1.98. The summed E-state index contributed by atoms with van der Waals surface area (Å²) in [4.78, 5) is 0. The second-order valence-electron chi connectivity index (χ2n) is 4.49. The zero-order chi connectivity index (χ0) is 13.5. The van der Waals surface area contributed by atoms with E-state index in [0.717, 1.165) is 24.9 Å². The first-order chi connectivity index (χ1) is 8.56. The number of hydrogen-bond acceptors (Lipinski definition) is 2. The predicted octanol–water partition coefficient (Wildman–Crippen LogP) is 3.53. The normalized spacial score (nSPS) is 14.5. The van der Waals surface area contributed by atoms with Crippen LogP contribution in [0.25, 0.3) is 0 Å². The van der Waals surface area contributed by atoms with E-state index < -0.39 is 0 Å². The van der Waals surface area contributed by atoms with Gasteiger partial charge in [-0.05, 0) is 59.9 Å². The lowest BCUT2D eigenvalue weighted by molar-refractivity contribution is 0.101. The van der Waals surface area contributed by atoms with E-state index in [1.807, 2.05) is 12.1 Å². The third-order valence-electron chi connectivity index (χ3n) is 2.98. The van der Waals surface area contributed by atoms with Crippen LogP contribution in [-0.4, -0.2) is 25.8 Å². The van der Waals surface area contributed by atoms with Gasteiger partial charge in [-0.2, -0.15) is 0 Å². The number of methoxy groups -OCH3 is 1. The molecule has 0 aliphatic heterocycles. The highest BCUT2D eigenvalue weighted by molar-refractivity contribution is 9.10. The van der Waals surface area contributed by atoms with E-state index in [0.29, 0.717) is 10.5 Å². The van der Waals surface area contributed by atoms with Crippen LogP contribution < -0.4 is 5.32 Å². The molecule has 102 valence electrons. The molecule has 2 unspecified atom stereocenters. The summed E-state index contributed by atoms with van der Waals surface area (Å²) >= 11 is 3.22. The van der Waals surface area contributed by atoms with Crippen LogP contribution in [0.4, 0.5) is 4.39 Å². The Kier molecular flexibility index (Phi) is 6.82. The number of benzene rings is 1. The molecule has 0 aromatic heterocycles. The molecular formula is C14H21BrFNO. The molecule has 0 saturated carbocycles. The van der Waals surface area contributed by atoms with Gasteiger partial charge in [0.05, 0.1) is 10.6 Å². The van der Waals surface area contributed by atoms with Crippen molar-refractivity contribution in [2.75, 3.05) is 13.7 Å². The smallest absolute Gasteiger partial charge is 0.137 e. The molecule has 18 heavy (non-hydrogen) atoms. The minimum absolute atomic E-state index is 0.219. The molecule has 0 saturated heterocycles. The Bertz CT molecular complexity index is 373. The quantitative estimate of drug-likeness (QED) is 0.830. The van der Waals surface area contributed by atoms with Crippen molar-refractivity contribution in [1.82, 2.24) is 5.32 Å². The summed E-state index contributed by atoms with van der Waals surface area (Å²) in [6.07, 6.45) is 2.04. The van der Waals surface area contributed by atoms with E-state index in [9.17, 15) is 4.39 Å². The highest BCUT2D eigenvalue weighted by atomic mass is 79.9. The van der Waals surface area contributed by atoms with Crippen LogP contribution in [0, 0.1) is 5.82 Å². The van der Waals surface area contributed by atoms with Gasteiger partial charge in [0.15, 0.2) is 0 Å². The van der Waals surface area contributed by atoms with Crippen molar-refractivity contribution in [3.05, 3.63) is 34.1 Å². The maximum Gasteiger partial charge on any atom is 0.137 e.